The molecule has 0 aromatic heterocycles. The number of rotatable bonds is 4. The first-order valence-electron chi connectivity index (χ1n) is 3.13. The number of ether oxygens (including phenoxy) is 1. The molecule has 6 heteroatoms. The van der Waals surface area contributed by atoms with Gasteiger partial charge in [-0.15, -0.1) is 0 Å². The Morgan fingerprint density at radius 1 is 1.83 bits per heavy atom. The normalized spacial score (nSPS) is 14.9. The Hall–Kier alpha value is -0.720. The molecule has 0 saturated carbocycles. The molecule has 0 aliphatic carbocycles. The van der Waals surface area contributed by atoms with Crippen LogP contribution in [0.2, 0.25) is 0 Å². The summed E-state index contributed by atoms with van der Waals surface area (Å²) in [5, 5.41) is -1.06. The molecular formula is C6H11NO4S. The summed E-state index contributed by atoms with van der Waals surface area (Å²) in [4.78, 5) is 10.7. The number of nitrogens with two attached hydrogens (primary N) is 1. The molecule has 0 aliphatic rings. The number of esters is 1. The van der Waals surface area contributed by atoms with E-state index in [0.29, 0.717) is 0 Å². The van der Waals surface area contributed by atoms with Crippen molar-refractivity contribution < 1.29 is 18.3 Å². The summed E-state index contributed by atoms with van der Waals surface area (Å²) in [5.74, 6) is -0.615. The standard InChI is InChI=1S/C6H11NO4S/c1-4(2)6(8)11-3-5(7)12(9)10/h5H,1,3,7H2,2H3,(H,9,10). The highest BCUT2D eigenvalue weighted by atomic mass is 32.2. The molecule has 2 unspecified atom stereocenters. The van der Waals surface area contributed by atoms with Crippen molar-refractivity contribution in [2.24, 2.45) is 5.73 Å². The van der Waals surface area contributed by atoms with Crippen LogP contribution in [0.3, 0.4) is 0 Å². The molecule has 0 aliphatic heterocycles. The number of hydrogen-bond donors (Lipinski definition) is 2. The predicted molar refractivity (Wildman–Crippen MR) is 44.5 cm³/mol. The molecule has 12 heavy (non-hydrogen) atoms. The number of hydrogen-bond acceptors (Lipinski definition) is 4. The first-order valence-corrected chi connectivity index (χ1v) is 4.30. The molecular weight excluding hydrogens is 182 g/mol. The second-order valence-corrected chi connectivity index (χ2v) is 3.35. The van der Waals surface area contributed by atoms with Crippen molar-refractivity contribution in [3.8, 4) is 0 Å². The summed E-state index contributed by atoms with van der Waals surface area (Å²) < 4.78 is 23.2. The number of carbonyl (C=O) groups excluding carboxylic acids is 1. The minimum atomic E-state index is -2.17. The highest BCUT2D eigenvalue weighted by Crippen LogP contribution is 1.94. The highest BCUT2D eigenvalue weighted by Gasteiger charge is 2.12. The van der Waals surface area contributed by atoms with E-state index in [9.17, 15) is 9.00 Å². The summed E-state index contributed by atoms with van der Waals surface area (Å²) >= 11 is -2.17. The van der Waals surface area contributed by atoms with Crippen LogP contribution < -0.4 is 5.73 Å². The van der Waals surface area contributed by atoms with Crippen molar-refractivity contribution >= 4 is 17.0 Å². The summed E-state index contributed by atoms with van der Waals surface area (Å²) in [6, 6.07) is 0. The largest absolute Gasteiger partial charge is 0.460 e. The van der Waals surface area contributed by atoms with Gasteiger partial charge < -0.3 is 15.0 Å². The third kappa shape index (κ3) is 4.22. The van der Waals surface area contributed by atoms with Crippen molar-refractivity contribution in [2.45, 2.75) is 12.3 Å². The van der Waals surface area contributed by atoms with Crippen molar-refractivity contribution in [1.29, 1.82) is 0 Å². The molecule has 0 heterocycles. The van der Waals surface area contributed by atoms with E-state index in [2.05, 4.69) is 11.3 Å². The molecule has 5 nitrogen and oxygen atoms in total. The third-order valence-electron chi connectivity index (χ3n) is 0.986. The van der Waals surface area contributed by atoms with Gasteiger partial charge in [0.05, 0.1) is 0 Å². The van der Waals surface area contributed by atoms with Gasteiger partial charge in [-0.3, -0.25) is 0 Å². The van der Waals surface area contributed by atoms with E-state index in [4.69, 9.17) is 10.3 Å². The molecule has 0 aromatic rings. The molecule has 2 atom stereocenters. The second-order valence-electron chi connectivity index (χ2n) is 2.19. The van der Waals surface area contributed by atoms with Crippen LogP contribution in [0.1, 0.15) is 6.92 Å². The van der Waals surface area contributed by atoms with Gasteiger partial charge in [0.2, 0.25) is 0 Å². The fourth-order valence-electron chi connectivity index (χ4n) is 0.339. The van der Waals surface area contributed by atoms with E-state index < -0.39 is 22.4 Å². The van der Waals surface area contributed by atoms with E-state index in [0.717, 1.165) is 0 Å². The average Bonchev–Trinajstić information content (AvgIpc) is 1.98. The maximum Gasteiger partial charge on any atom is 0.333 e. The quantitative estimate of drug-likeness (QED) is 0.360. The maximum atomic E-state index is 10.7. The van der Waals surface area contributed by atoms with E-state index in [1.165, 1.54) is 6.92 Å². The first kappa shape index (κ1) is 11.3. The van der Waals surface area contributed by atoms with Crippen LogP contribution in [0.4, 0.5) is 0 Å². The summed E-state index contributed by atoms with van der Waals surface area (Å²) in [6.45, 7) is 4.52. The second kappa shape index (κ2) is 5.02. The van der Waals surface area contributed by atoms with Gasteiger partial charge in [0.15, 0.2) is 11.1 Å². The van der Waals surface area contributed by atoms with Gasteiger partial charge in [-0.1, -0.05) is 6.58 Å². The van der Waals surface area contributed by atoms with E-state index >= 15 is 0 Å². The fraction of sp³-hybridized carbons (Fsp3) is 0.500. The lowest BCUT2D eigenvalue weighted by Gasteiger charge is -2.07. The Balaban J connectivity index is 3.76. The van der Waals surface area contributed by atoms with E-state index in [1.807, 2.05) is 0 Å². The van der Waals surface area contributed by atoms with Crippen molar-refractivity contribution in [1.82, 2.24) is 0 Å². The predicted octanol–water partition coefficient (Wildman–Crippen LogP) is -0.388. The molecule has 0 fully saturated rings. The topological polar surface area (TPSA) is 89.6 Å². The van der Waals surface area contributed by atoms with Crippen LogP contribution in [-0.4, -0.2) is 26.7 Å². The van der Waals surface area contributed by atoms with Crippen molar-refractivity contribution in [3.05, 3.63) is 12.2 Å². The Kier molecular flexibility index (Phi) is 4.72. The maximum absolute atomic E-state index is 10.7. The molecule has 0 amide bonds. The van der Waals surface area contributed by atoms with Gasteiger partial charge in [-0.25, -0.2) is 9.00 Å². The summed E-state index contributed by atoms with van der Waals surface area (Å²) in [5.41, 5.74) is 5.34. The molecule has 0 saturated heterocycles. The zero-order valence-electron chi connectivity index (χ0n) is 6.65. The van der Waals surface area contributed by atoms with E-state index in [-0.39, 0.29) is 12.2 Å². The lowest BCUT2D eigenvalue weighted by atomic mass is 10.4. The van der Waals surface area contributed by atoms with Crippen LogP contribution in [0.15, 0.2) is 12.2 Å². The van der Waals surface area contributed by atoms with Gasteiger partial charge in [0.25, 0.3) is 0 Å². The molecule has 0 bridgehead atoms. The van der Waals surface area contributed by atoms with Crippen molar-refractivity contribution in [2.75, 3.05) is 6.61 Å². The Labute approximate surface area is 72.9 Å². The number of carbonyl (C=O) groups is 1. The average molecular weight is 193 g/mol. The van der Waals surface area contributed by atoms with Gasteiger partial charge in [-0.05, 0) is 6.92 Å². The zero-order valence-corrected chi connectivity index (χ0v) is 7.47. The van der Waals surface area contributed by atoms with Crippen LogP contribution in [0, 0.1) is 0 Å². The Bertz CT molecular complexity index is 216. The zero-order chi connectivity index (χ0) is 9.72. The van der Waals surface area contributed by atoms with Crippen molar-refractivity contribution in [3.63, 3.8) is 0 Å². The molecule has 70 valence electrons. The fourth-order valence-corrected chi connectivity index (χ4v) is 0.524. The van der Waals surface area contributed by atoms with Gasteiger partial charge in [-0.2, -0.15) is 0 Å². The van der Waals surface area contributed by atoms with Gasteiger partial charge in [0, 0.05) is 5.57 Å². The van der Waals surface area contributed by atoms with Gasteiger partial charge in [0.1, 0.15) is 12.0 Å². The highest BCUT2D eigenvalue weighted by molar-refractivity contribution is 7.79. The summed E-state index contributed by atoms with van der Waals surface area (Å²) in [6.07, 6.45) is 0. The molecule has 3 N–H and O–H groups in total. The first-order chi connectivity index (χ1) is 5.45. The van der Waals surface area contributed by atoms with Gasteiger partial charge >= 0.3 is 5.97 Å². The van der Waals surface area contributed by atoms with Crippen LogP contribution in [-0.2, 0) is 20.6 Å². The SMILES string of the molecule is C=C(C)C(=O)OCC(N)S(=O)O. The molecule has 0 spiro atoms. The Morgan fingerprint density at radius 3 is 2.67 bits per heavy atom. The molecule has 0 radical (unpaired) electrons. The Morgan fingerprint density at radius 2 is 2.33 bits per heavy atom. The minimum absolute atomic E-state index is 0.228. The minimum Gasteiger partial charge on any atom is -0.460 e. The van der Waals surface area contributed by atoms with Crippen LogP contribution in [0.25, 0.3) is 0 Å². The molecule has 0 aromatic carbocycles. The lowest BCUT2D eigenvalue weighted by molar-refractivity contribution is -0.138. The third-order valence-corrected chi connectivity index (χ3v) is 1.64. The molecule has 0 rings (SSSR count). The van der Waals surface area contributed by atoms with E-state index in [1.54, 1.807) is 0 Å². The monoisotopic (exact) mass is 193 g/mol. The van der Waals surface area contributed by atoms with Crippen LogP contribution in [0.5, 0.6) is 0 Å². The smallest absolute Gasteiger partial charge is 0.333 e. The lowest BCUT2D eigenvalue weighted by Crippen LogP contribution is -2.31. The summed E-state index contributed by atoms with van der Waals surface area (Å²) in [7, 11) is 0. The van der Waals surface area contributed by atoms with Crippen LogP contribution >= 0.6 is 0 Å².